The van der Waals surface area contributed by atoms with E-state index in [0.29, 0.717) is 23.8 Å². The second-order valence-electron chi connectivity index (χ2n) is 8.02. The van der Waals surface area contributed by atoms with Crippen LogP contribution < -0.4 is 10.6 Å². The minimum absolute atomic E-state index is 0.105. The van der Waals surface area contributed by atoms with Crippen LogP contribution in [-0.4, -0.2) is 15.8 Å². The van der Waals surface area contributed by atoms with Gasteiger partial charge in [0.2, 0.25) is 5.95 Å². The number of benzene rings is 2. The summed E-state index contributed by atoms with van der Waals surface area (Å²) in [6.07, 6.45) is 1.30. The SMILES string of the molecule is Cc1cccc(Nc2nc3c(c(Nc4cccc(C)c4C)n2)C(=O)CC(C)C3)c1. The number of anilines is 4. The average molecular weight is 386 g/mol. The lowest BCUT2D eigenvalue weighted by Gasteiger charge is -2.23. The molecule has 0 fully saturated rings. The minimum atomic E-state index is 0.105. The second-order valence-corrected chi connectivity index (χ2v) is 8.02. The van der Waals surface area contributed by atoms with Crippen molar-refractivity contribution < 1.29 is 4.79 Å². The van der Waals surface area contributed by atoms with E-state index in [1.165, 1.54) is 5.56 Å². The summed E-state index contributed by atoms with van der Waals surface area (Å²) in [5.41, 5.74) is 6.81. The predicted octanol–water partition coefficient (Wildman–Crippen LogP) is 5.65. The molecule has 1 aliphatic rings. The summed E-state index contributed by atoms with van der Waals surface area (Å²) >= 11 is 0. The van der Waals surface area contributed by atoms with Crippen molar-refractivity contribution in [1.82, 2.24) is 9.97 Å². The normalized spacial score (nSPS) is 15.7. The third kappa shape index (κ3) is 3.99. The van der Waals surface area contributed by atoms with Crippen molar-refractivity contribution in [2.75, 3.05) is 10.6 Å². The van der Waals surface area contributed by atoms with Crippen LogP contribution >= 0.6 is 0 Å². The van der Waals surface area contributed by atoms with E-state index >= 15 is 0 Å². The number of aromatic nitrogens is 2. The largest absolute Gasteiger partial charge is 0.339 e. The molecule has 0 saturated heterocycles. The number of hydrogen-bond acceptors (Lipinski definition) is 5. The highest BCUT2D eigenvalue weighted by molar-refractivity contribution is 6.03. The third-order valence-electron chi connectivity index (χ3n) is 5.47. The number of hydrogen-bond donors (Lipinski definition) is 2. The highest BCUT2D eigenvalue weighted by Gasteiger charge is 2.28. The molecule has 1 aromatic heterocycles. The molecule has 5 heteroatoms. The maximum Gasteiger partial charge on any atom is 0.229 e. The first-order valence-electron chi connectivity index (χ1n) is 10.0. The van der Waals surface area contributed by atoms with E-state index in [2.05, 4.69) is 37.5 Å². The fourth-order valence-corrected chi connectivity index (χ4v) is 3.78. The van der Waals surface area contributed by atoms with Crippen LogP contribution in [-0.2, 0) is 6.42 Å². The molecule has 4 rings (SSSR count). The summed E-state index contributed by atoms with van der Waals surface area (Å²) < 4.78 is 0. The van der Waals surface area contributed by atoms with Gasteiger partial charge in [-0.1, -0.05) is 31.2 Å². The monoisotopic (exact) mass is 386 g/mol. The lowest BCUT2D eigenvalue weighted by atomic mass is 9.87. The molecule has 0 bridgehead atoms. The van der Waals surface area contributed by atoms with Gasteiger partial charge in [-0.3, -0.25) is 4.79 Å². The van der Waals surface area contributed by atoms with E-state index < -0.39 is 0 Å². The van der Waals surface area contributed by atoms with Crippen molar-refractivity contribution >= 4 is 28.9 Å². The van der Waals surface area contributed by atoms with Crippen molar-refractivity contribution in [2.24, 2.45) is 5.92 Å². The number of nitrogens with zero attached hydrogens (tertiary/aromatic N) is 2. The second kappa shape index (κ2) is 7.66. The first-order chi connectivity index (χ1) is 13.9. The van der Waals surface area contributed by atoms with E-state index in [-0.39, 0.29) is 11.7 Å². The summed E-state index contributed by atoms with van der Waals surface area (Å²) in [4.78, 5) is 22.2. The molecular formula is C24H26N4O. The molecule has 2 N–H and O–H groups in total. The molecular weight excluding hydrogens is 360 g/mol. The van der Waals surface area contributed by atoms with Gasteiger partial charge in [-0.15, -0.1) is 0 Å². The summed E-state index contributed by atoms with van der Waals surface area (Å²) in [6, 6.07) is 14.2. The van der Waals surface area contributed by atoms with Gasteiger partial charge in [0, 0.05) is 17.8 Å². The summed E-state index contributed by atoms with van der Waals surface area (Å²) in [7, 11) is 0. The van der Waals surface area contributed by atoms with Gasteiger partial charge in [-0.25, -0.2) is 4.98 Å². The fourth-order valence-electron chi connectivity index (χ4n) is 3.78. The highest BCUT2D eigenvalue weighted by Crippen LogP contribution is 2.33. The smallest absolute Gasteiger partial charge is 0.229 e. The third-order valence-corrected chi connectivity index (χ3v) is 5.47. The zero-order valence-electron chi connectivity index (χ0n) is 17.3. The van der Waals surface area contributed by atoms with Crippen LogP contribution in [0.5, 0.6) is 0 Å². The van der Waals surface area contributed by atoms with Crippen molar-refractivity contribution in [3.05, 3.63) is 70.4 Å². The quantitative estimate of drug-likeness (QED) is 0.606. The van der Waals surface area contributed by atoms with Crippen LogP contribution in [0, 0.1) is 26.7 Å². The van der Waals surface area contributed by atoms with Gasteiger partial charge < -0.3 is 10.6 Å². The van der Waals surface area contributed by atoms with Gasteiger partial charge in [0.1, 0.15) is 5.82 Å². The summed E-state index contributed by atoms with van der Waals surface area (Å²) in [5, 5.41) is 6.72. The molecule has 0 spiro atoms. The topological polar surface area (TPSA) is 66.9 Å². The van der Waals surface area contributed by atoms with Crippen LogP contribution in [0.15, 0.2) is 42.5 Å². The molecule has 5 nitrogen and oxygen atoms in total. The molecule has 1 aliphatic carbocycles. The van der Waals surface area contributed by atoms with E-state index in [1.54, 1.807) is 0 Å². The van der Waals surface area contributed by atoms with Crippen LogP contribution in [0.2, 0.25) is 0 Å². The van der Waals surface area contributed by atoms with Crippen molar-refractivity contribution in [3.8, 4) is 0 Å². The number of carbonyl (C=O) groups is 1. The van der Waals surface area contributed by atoms with Crippen LogP contribution in [0.3, 0.4) is 0 Å². The first kappa shape index (κ1) is 19.1. The van der Waals surface area contributed by atoms with Gasteiger partial charge in [-0.2, -0.15) is 4.98 Å². The zero-order valence-corrected chi connectivity index (χ0v) is 17.3. The maximum atomic E-state index is 12.8. The minimum Gasteiger partial charge on any atom is -0.339 e. The molecule has 29 heavy (non-hydrogen) atoms. The Kier molecular flexibility index (Phi) is 5.05. The summed E-state index contributed by atoms with van der Waals surface area (Å²) in [5.74, 6) is 1.47. The van der Waals surface area contributed by atoms with Gasteiger partial charge >= 0.3 is 0 Å². The van der Waals surface area contributed by atoms with Gasteiger partial charge in [0.25, 0.3) is 0 Å². The zero-order chi connectivity index (χ0) is 20.5. The van der Waals surface area contributed by atoms with Crippen LogP contribution in [0.1, 0.15) is 46.1 Å². The Balaban J connectivity index is 1.78. The van der Waals surface area contributed by atoms with E-state index in [1.807, 2.05) is 43.3 Å². The number of aryl methyl sites for hydroxylation is 2. The maximum absolute atomic E-state index is 12.8. The molecule has 0 aliphatic heterocycles. The lowest BCUT2D eigenvalue weighted by molar-refractivity contribution is 0.0953. The highest BCUT2D eigenvalue weighted by atomic mass is 16.1. The molecule has 3 aromatic rings. The number of rotatable bonds is 4. The average Bonchev–Trinajstić information content (AvgIpc) is 2.64. The Morgan fingerprint density at radius 3 is 2.55 bits per heavy atom. The number of fused-ring (bicyclic) bond motifs is 1. The number of nitrogens with one attached hydrogen (secondary N) is 2. The van der Waals surface area contributed by atoms with E-state index in [0.717, 1.165) is 34.6 Å². The first-order valence-corrected chi connectivity index (χ1v) is 10.0. The fraction of sp³-hybridized carbons (Fsp3) is 0.292. The Bertz CT molecular complexity index is 1090. The molecule has 1 unspecified atom stereocenters. The molecule has 0 radical (unpaired) electrons. The van der Waals surface area contributed by atoms with Crippen molar-refractivity contribution in [2.45, 2.75) is 40.5 Å². The molecule has 1 heterocycles. The Hall–Kier alpha value is -3.21. The van der Waals surface area contributed by atoms with E-state index in [4.69, 9.17) is 9.97 Å². The van der Waals surface area contributed by atoms with Gasteiger partial charge in [0.05, 0.1) is 11.3 Å². The Morgan fingerprint density at radius 2 is 1.76 bits per heavy atom. The standard InChI is InChI=1S/C24H26N4O/c1-14-7-5-9-18(11-14)25-24-27-20-12-15(2)13-21(29)22(20)23(28-24)26-19-10-6-8-16(3)17(19)4/h5-11,15H,12-13H2,1-4H3,(H2,25,26,27,28). The molecule has 148 valence electrons. The van der Waals surface area contributed by atoms with E-state index in [9.17, 15) is 4.79 Å². The van der Waals surface area contributed by atoms with Gasteiger partial charge in [-0.05, 0) is 68.0 Å². The van der Waals surface area contributed by atoms with Crippen molar-refractivity contribution in [1.29, 1.82) is 0 Å². The summed E-state index contributed by atoms with van der Waals surface area (Å²) in [6.45, 7) is 8.29. The van der Waals surface area contributed by atoms with Crippen LogP contribution in [0.25, 0.3) is 0 Å². The predicted molar refractivity (Wildman–Crippen MR) is 118 cm³/mol. The number of Topliss-reactive ketones (excluding diaryl/α,β-unsaturated/α-hetero) is 1. The molecule has 1 atom stereocenters. The Labute approximate surface area is 171 Å². The molecule has 0 amide bonds. The number of carbonyl (C=O) groups excluding carboxylic acids is 1. The lowest BCUT2D eigenvalue weighted by Crippen LogP contribution is -2.22. The Morgan fingerprint density at radius 1 is 0.966 bits per heavy atom. The van der Waals surface area contributed by atoms with Gasteiger partial charge in [0.15, 0.2) is 5.78 Å². The van der Waals surface area contributed by atoms with Crippen LogP contribution in [0.4, 0.5) is 23.1 Å². The van der Waals surface area contributed by atoms with Crippen molar-refractivity contribution in [3.63, 3.8) is 0 Å². The number of ketones is 1. The molecule has 0 saturated carbocycles. The molecule has 2 aromatic carbocycles.